The number of rotatable bonds is 10. The number of benzene rings is 4. The first-order valence-electron chi connectivity index (χ1n) is 17.9. The van der Waals surface area contributed by atoms with Gasteiger partial charge in [0, 0.05) is 0 Å². The molecule has 0 atom stereocenters. The van der Waals surface area contributed by atoms with Crippen LogP contribution in [0.5, 0.6) is 0 Å². The monoisotopic (exact) mass is 738 g/mol. The largest absolute Gasteiger partial charge is 2.00 e. The Balaban J connectivity index is 0.000000439. The van der Waals surface area contributed by atoms with Gasteiger partial charge in [0.2, 0.25) is 0 Å². The fourth-order valence-corrected chi connectivity index (χ4v) is 6.24. The second kappa shape index (κ2) is 23.1. The Morgan fingerprint density at radius 2 is 0.880 bits per heavy atom. The molecule has 0 saturated heterocycles. The van der Waals surface area contributed by atoms with Gasteiger partial charge in [-0.05, 0) is 46.9 Å². The van der Waals surface area contributed by atoms with Gasteiger partial charge in [0.15, 0.2) is 0 Å². The molecule has 0 fully saturated rings. The summed E-state index contributed by atoms with van der Waals surface area (Å²) < 4.78 is 0. The van der Waals surface area contributed by atoms with Gasteiger partial charge in [-0.15, -0.1) is 69.1 Å². The van der Waals surface area contributed by atoms with Gasteiger partial charge < -0.3 is 45.1 Å². The van der Waals surface area contributed by atoms with Crippen LogP contribution in [0.1, 0.15) is 108 Å². The molecule has 3 heteroatoms. The van der Waals surface area contributed by atoms with Gasteiger partial charge in [0.05, 0.1) is 0 Å². The fourth-order valence-electron chi connectivity index (χ4n) is 6.24. The van der Waals surface area contributed by atoms with E-state index in [1.54, 1.807) is 0 Å². The van der Waals surface area contributed by atoms with Crippen LogP contribution in [0, 0.1) is 13.8 Å². The smallest absolute Gasteiger partial charge is 1.00 e. The second-order valence-corrected chi connectivity index (χ2v) is 13.5. The average Bonchev–Trinajstić information content (AvgIpc) is 3.71. The molecule has 0 bridgehead atoms. The van der Waals surface area contributed by atoms with Crippen LogP contribution in [0.15, 0.2) is 109 Å². The van der Waals surface area contributed by atoms with E-state index >= 15 is 0 Å². The SMILES string of the molecule is CCCCc1cc2c(-c3ccc(C(C)C)cc3)cccc2[cH-]1.CCCCc1cc2c(-c3ccc(C(C)C)cc3)cccc2[cH-]1.[CH2-]C[CH2-].[Cl-].[Cl-].[Ti+2]. The van der Waals surface area contributed by atoms with Gasteiger partial charge in [-0.3, -0.25) is 0 Å². The van der Waals surface area contributed by atoms with Crippen LogP contribution >= 0.6 is 0 Å². The number of hydrogen-bond donors (Lipinski definition) is 0. The van der Waals surface area contributed by atoms with Crippen molar-refractivity contribution in [3.8, 4) is 22.3 Å². The number of halogens is 2. The fraction of sp³-hybridized carbons (Fsp3) is 0.319. The summed E-state index contributed by atoms with van der Waals surface area (Å²) in [4.78, 5) is 0. The van der Waals surface area contributed by atoms with E-state index in [0.717, 1.165) is 6.42 Å². The van der Waals surface area contributed by atoms with Crippen LogP contribution < -0.4 is 24.8 Å². The van der Waals surface area contributed by atoms with Gasteiger partial charge in [-0.25, -0.2) is 0 Å². The quantitative estimate of drug-likeness (QED) is 0.0979. The maximum Gasteiger partial charge on any atom is 2.00 e. The first-order valence-corrected chi connectivity index (χ1v) is 17.9. The molecule has 50 heavy (non-hydrogen) atoms. The molecular formula is C47H56Cl2Ti-4. The maximum absolute atomic E-state index is 3.38. The van der Waals surface area contributed by atoms with Crippen LogP contribution in [0.4, 0.5) is 0 Å². The Hall–Kier alpha value is -2.61. The van der Waals surface area contributed by atoms with E-state index in [2.05, 4.69) is 165 Å². The molecule has 0 spiro atoms. The molecule has 6 rings (SSSR count). The van der Waals surface area contributed by atoms with E-state index in [1.807, 2.05) is 0 Å². The standard InChI is InChI=1S/2C22H25.C3H6.2ClH.Ti/c2*1-4-5-7-17-14-20-8-6-9-21(22(20)15-17)19-12-10-18(11-13-19)16(2)3;1-3-2;;;/h2*6,8-16H,4-5,7H2,1-3H3;1-3H2;2*1H;/q2*-1;-2;;;+2/p-2. The zero-order valence-corrected chi connectivity index (χ0v) is 34.2. The first kappa shape index (κ1) is 45.4. The molecule has 0 heterocycles. The van der Waals surface area contributed by atoms with Crippen LogP contribution in [0.25, 0.3) is 43.8 Å². The molecule has 0 amide bonds. The predicted molar refractivity (Wildman–Crippen MR) is 211 cm³/mol. The third-order valence-electron chi connectivity index (χ3n) is 9.04. The zero-order chi connectivity index (χ0) is 33.8. The Labute approximate surface area is 331 Å². The average molecular weight is 740 g/mol. The normalized spacial score (nSPS) is 10.4. The summed E-state index contributed by atoms with van der Waals surface area (Å²) in [5.41, 5.74) is 11.1. The number of fused-ring (bicyclic) bond motifs is 2. The van der Waals surface area contributed by atoms with Crippen molar-refractivity contribution in [3.63, 3.8) is 0 Å². The zero-order valence-electron chi connectivity index (χ0n) is 31.2. The molecule has 0 aliphatic carbocycles. The summed E-state index contributed by atoms with van der Waals surface area (Å²) in [6, 6.07) is 40.9. The van der Waals surface area contributed by atoms with Crippen molar-refractivity contribution in [3.05, 3.63) is 145 Å². The van der Waals surface area contributed by atoms with Crippen molar-refractivity contribution in [1.29, 1.82) is 0 Å². The second-order valence-electron chi connectivity index (χ2n) is 13.5. The molecule has 266 valence electrons. The molecule has 0 saturated carbocycles. The number of aryl methyl sites for hydroxylation is 2. The third kappa shape index (κ3) is 12.3. The van der Waals surface area contributed by atoms with Crippen molar-refractivity contribution in [1.82, 2.24) is 0 Å². The minimum Gasteiger partial charge on any atom is -1.00 e. The molecule has 0 N–H and O–H groups in total. The minimum absolute atomic E-state index is 0. The molecule has 6 aromatic rings. The van der Waals surface area contributed by atoms with Crippen molar-refractivity contribution < 1.29 is 46.5 Å². The predicted octanol–water partition coefficient (Wildman–Crippen LogP) is 8.43. The molecule has 0 nitrogen and oxygen atoms in total. The van der Waals surface area contributed by atoms with Gasteiger partial charge in [0.1, 0.15) is 0 Å². The van der Waals surface area contributed by atoms with E-state index in [4.69, 9.17) is 0 Å². The number of hydrogen-bond acceptors (Lipinski definition) is 0. The summed E-state index contributed by atoms with van der Waals surface area (Å²) >= 11 is 0. The summed E-state index contributed by atoms with van der Waals surface area (Å²) in [6.07, 6.45) is 8.19. The topological polar surface area (TPSA) is 0 Å². The van der Waals surface area contributed by atoms with Crippen molar-refractivity contribution >= 4 is 21.5 Å². The van der Waals surface area contributed by atoms with E-state index in [1.165, 1.54) is 105 Å². The van der Waals surface area contributed by atoms with Gasteiger partial charge in [-0.2, -0.15) is 12.1 Å². The van der Waals surface area contributed by atoms with Gasteiger partial charge in [-0.1, -0.05) is 139 Å². The Morgan fingerprint density at radius 3 is 1.18 bits per heavy atom. The van der Waals surface area contributed by atoms with Crippen LogP contribution in [-0.2, 0) is 34.6 Å². The summed E-state index contributed by atoms with van der Waals surface area (Å²) in [6.45, 7) is 20.2. The third-order valence-corrected chi connectivity index (χ3v) is 9.04. The summed E-state index contributed by atoms with van der Waals surface area (Å²) in [7, 11) is 0. The van der Waals surface area contributed by atoms with Gasteiger partial charge >= 0.3 is 21.7 Å². The Morgan fingerprint density at radius 1 is 0.540 bits per heavy atom. The molecular weight excluding hydrogens is 683 g/mol. The molecule has 0 radical (unpaired) electrons. The van der Waals surface area contributed by atoms with E-state index in [0.29, 0.717) is 11.8 Å². The van der Waals surface area contributed by atoms with E-state index in [9.17, 15) is 0 Å². The Kier molecular flexibility index (Phi) is 20.9. The van der Waals surface area contributed by atoms with Gasteiger partial charge in [0.25, 0.3) is 0 Å². The first-order chi connectivity index (χ1) is 22.8. The number of unbranched alkanes of at least 4 members (excludes halogenated alkanes) is 2. The summed E-state index contributed by atoms with van der Waals surface area (Å²) in [5, 5.41) is 5.53. The van der Waals surface area contributed by atoms with E-state index < -0.39 is 0 Å². The van der Waals surface area contributed by atoms with Crippen molar-refractivity contribution in [2.45, 2.75) is 98.3 Å². The molecule has 0 aliphatic heterocycles. The molecule has 0 aliphatic rings. The minimum atomic E-state index is 0. The van der Waals surface area contributed by atoms with Crippen molar-refractivity contribution in [2.75, 3.05) is 0 Å². The molecule has 0 aromatic heterocycles. The van der Waals surface area contributed by atoms with Crippen LogP contribution in [0.2, 0.25) is 0 Å². The van der Waals surface area contributed by atoms with Crippen LogP contribution in [0.3, 0.4) is 0 Å². The van der Waals surface area contributed by atoms with Crippen LogP contribution in [-0.4, -0.2) is 0 Å². The van der Waals surface area contributed by atoms with E-state index in [-0.39, 0.29) is 46.5 Å². The molecule has 0 unspecified atom stereocenters. The Bertz CT molecular complexity index is 1650. The maximum atomic E-state index is 3.38. The summed E-state index contributed by atoms with van der Waals surface area (Å²) in [5.74, 6) is 1.17. The van der Waals surface area contributed by atoms with Crippen molar-refractivity contribution in [2.24, 2.45) is 0 Å². The molecule has 6 aromatic carbocycles.